The van der Waals surface area contributed by atoms with E-state index in [0.29, 0.717) is 23.2 Å². The first-order chi connectivity index (χ1) is 7.13. The van der Waals surface area contributed by atoms with Crippen molar-refractivity contribution >= 4 is 17.0 Å². The van der Waals surface area contributed by atoms with Crippen molar-refractivity contribution < 1.29 is 0 Å². The first-order valence-corrected chi connectivity index (χ1v) is 5.10. The van der Waals surface area contributed by atoms with Crippen LogP contribution in [-0.4, -0.2) is 19.5 Å². The molecule has 0 unspecified atom stereocenters. The number of hydrogen-bond acceptors (Lipinski definition) is 4. The van der Waals surface area contributed by atoms with Crippen molar-refractivity contribution in [2.75, 3.05) is 5.73 Å². The average Bonchev–Trinajstić information content (AvgIpc) is 2.60. The van der Waals surface area contributed by atoms with Gasteiger partial charge in [0.05, 0.1) is 6.33 Å². The van der Waals surface area contributed by atoms with E-state index in [9.17, 15) is 0 Å². The maximum absolute atomic E-state index is 5.79. The largest absolute Gasteiger partial charge is 0.382 e. The van der Waals surface area contributed by atoms with Gasteiger partial charge in [0.15, 0.2) is 11.5 Å². The molecule has 0 bridgehead atoms. The highest BCUT2D eigenvalue weighted by atomic mass is 15.1. The molecule has 0 aromatic carbocycles. The zero-order valence-electron chi connectivity index (χ0n) is 9.23. The summed E-state index contributed by atoms with van der Waals surface area (Å²) in [5.74, 6) is 1.14. The number of nitrogen functional groups attached to an aromatic ring is 1. The standard InChI is InChI=1S/C10H15N5/c1-4-6(2)15-5-12-8-9(11)13-7(3)14-10(8)15/h5-6H,4H2,1-3H3,(H2,11,13,14)/t6-/m0/s1. The third kappa shape index (κ3) is 1.54. The van der Waals surface area contributed by atoms with E-state index in [0.717, 1.165) is 12.1 Å². The van der Waals surface area contributed by atoms with Gasteiger partial charge in [0.25, 0.3) is 0 Å². The van der Waals surface area contributed by atoms with Crippen molar-refractivity contribution in [2.24, 2.45) is 0 Å². The van der Waals surface area contributed by atoms with Crippen LogP contribution in [0.1, 0.15) is 32.1 Å². The monoisotopic (exact) mass is 205 g/mol. The SMILES string of the molecule is CC[C@H](C)n1cnc2c(N)nc(C)nc21. The summed E-state index contributed by atoms with van der Waals surface area (Å²) in [6.45, 7) is 6.10. The lowest BCUT2D eigenvalue weighted by Gasteiger charge is -2.10. The minimum atomic E-state index is 0.378. The van der Waals surface area contributed by atoms with E-state index in [4.69, 9.17) is 5.73 Å². The van der Waals surface area contributed by atoms with E-state index in [1.165, 1.54) is 0 Å². The number of aromatic nitrogens is 4. The van der Waals surface area contributed by atoms with Gasteiger partial charge in [-0.25, -0.2) is 15.0 Å². The minimum Gasteiger partial charge on any atom is -0.382 e. The highest BCUT2D eigenvalue weighted by molar-refractivity contribution is 5.81. The Balaban J connectivity index is 2.68. The summed E-state index contributed by atoms with van der Waals surface area (Å²) < 4.78 is 2.04. The van der Waals surface area contributed by atoms with Gasteiger partial charge in [0.2, 0.25) is 0 Å². The molecule has 0 amide bonds. The van der Waals surface area contributed by atoms with Gasteiger partial charge >= 0.3 is 0 Å². The zero-order valence-corrected chi connectivity index (χ0v) is 9.23. The number of rotatable bonds is 2. The van der Waals surface area contributed by atoms with E-state index < -0.39 is 0 Å². The van der Waals surface area contributed by atoms with Crippen LogP contribution >= 0.6 is 0 Å². The smallest absolute Gasteiger partial charge is 0.165 e. The second-order valence-corrected chi connectivity index (χ2v) is 3.74. The first-order valence-electron chi connectivity index (χ1n) is 5.10. The van der Waals surface area contributed by atoms with Gasteiger partial charge in [-0.1, -0.05) is 6.92 Å². The van der Waals surface area contributed by atoms with Crippen molar-refractivity contribution in [3.05, 3.63) is 12.2 Å². The Bertz CT molecular complexity index is 488. The van der Waals surface area contributed by atoms with Gasteiger partial charge in [-0.3, -0.25) is 0 Å². The maximum atomic E-state index is 5.79. The minimum absolute atomic E-state index is 0.378. The molecule has 0 aliphatic rings. The molecular weight excluding hydrogens is 190 g/mol. The normalized spacial score (nSPS) is 13.3. The fourth-order valence-electron chi connectivity index (χ4n) is 1.57. The molecule has 80 valence electrons. The Labute approximate surface area is 88.4 Å². The predicted molar refractivity (Wildman–Crippen MR) is 59.5 cm³/mol. The Morgan fingerprint density at radius 3 is 2.87 bits per heavy atom. The summed E-state index contributed by atoms with van der Waals surface area (Å²) in [7, 11) is 0. The molecule has 2 rings (SSSR count). The van der Waals surface area contributed by atoms with Crippen molar-refractivity contribution in [3.8, 4) is 0 Å². The molecule has 2 aromatic rings. The lowest BCUT2D eigenvalue weighted by molar-refractivity contribution is 0.540. The third-order valence-electron chi connectivity index (χ3n) is 2.63. The fourth-order valence-corrected chi connectivity index (χ4v) is 1.57. The Morgan fingerprint density at radius 1 is 1.47 bits per heavy atom. The number of nitrogens with two attached hydrogens (primary N) is 1. The van der Waals surface area contributed by atoms with Gasteiger partial charge in [0.1, 0.15) is 11.3 Å². The second-order valence-electron chi connectivity index (χ2n) is 3.74. The molecule has 0 spiro atoms. The summed E-state index contributed by atoms with van der Waals surface area (Å²) in [4.78, 5) is 12.7. The molecule has 0 radical (unpaired) electrons. The van der Waals surface area contributed by atoms with Gasteiger partial charge in [-0.15, -0.1) is 0 Å². The van der Waals surface area contributed by atoms with Crippen LogP contribution in [0, 0.1) is 6.92 Å². The molecule has 0 fully saturated rings. The van der Waals surface area contributed by atoms with Gasteiger partial charge in [0, 0.05) is 6.04 Å². The van der Waals surface area contributed by atoms with Crippen LogP contribution in [0.5, 0.6) is 0 Å². The molecule has 5 nitrogen and oxygen atoms in total. The Kier molecular flexibility index (Phi) is 2.30. The molecule has 0 aliphatic carbocycles. The molecule has 15 heavy (non-hydrogen) atoms. The molecule has 0 saturated carbocycles. The van der Waals surface area contributed by atoms with Crippen LogP contribution in [0.3, 0.4) is 0 Å². The molecular formula is C10H15N5. The Hall–Kier alpha value is -1.65. The quantitative estimate of drug-likeness (QED) is 0.809. The highest BCUT2D eigenvalue weighted by Crippen LogP contribution is 2.20. The second kappa shape index (κ2) is 3.49. The number of imidazole rings is 1. The molecule has 1 atom stereocenters. The summed E-state index contributed by atoms with van der Waals surface area (Å²) >= 11 is 0. The van der Waals surface area contributed by atoms with Crippen LogP contribution in [0.15, 0.2) is 6.33 Å². The summed E-state index contributed by atoms with van der Waals surface area (Å²) in [6, 6.07) is 0.378. The molecule has 5 heteroatoms. The molecule has 2 aromatic heterocycles. The molecule has 2 heterocycles. The number of aryl methyl sites for hydroxylation is 1. The fraction of sp³-hybridized carbons (Fsp3) is 0.500. The van der Waals surface area contributed by atoms with E-state index in [1.54, 1.807) is 6.33 Å². The van der Waals surface area contributed by atoms with Crippen LogP contribution in [0.25, 0.3) is 11.2 Å². The van der Waals surface area contributed by atoms with Crippen LogP contribution in [0.2, 0.25) is 0 Å². The van der Waals surface area contributed by atoms with E-state index >= 15 is 0 Å². The van der Waals surface area contributed by atoms with Crippen LogP contribution in [0.4, 0.5) is 5.82 Å². The van der Waals surface area contributed by atoms with Gasteiger partial charge < -0.3 is 10.3 Å². The predicted octanol–water partition coefficient (Wildman–Crippen LogP) is 1.69. The molecule has 2 N–H and O–H groups in total. The average molecular weight is 205 g/mol. The number of hydrogen-bond donors (Lipinski definition) is 1. The number of fused-ring (bicyclic) bond motifs is 1. The van der Waals surface area contributed by atoms with E-state index in [1.807, 2.05) is 11.5 Å². The zero-order chi connectivity index (χ0) is 11.0. The molecule has 0 aliphatic heterocycles. The van der Waals surface area contributed by atoms with Crippen LogP contribution in [-0.2, 0) is 0 Å². The summed E-state index contributed by atoms with van der Waals surface area (Å²) in [5, 5.41) is 0. The summed E-state index contributed by atoms with van der Waals surface area (Å²) in [6.07, 6.45) is 2.82. The van der Waals surface area contributed by atoms with Crippen molar-refractivity contribution in [1.82, 2.24) is 19.5 Å². The van der Waals surface area contributed by atoms with Crippen LogP contribution < -0.4 is 5.73 Å². The maximum Gasteiger partial charge on any atom is 0.165 e. The van der Waals surface area contributed by atoms with Gasteiger partial charge in [-0.05, 0) is 20.3 Å². The Morgan fingerprint density at radius 2 is 2.20 bits per heavy atom. The highest BCUT2D eigenvalue weighted by Gasteiger charge is 2.12. The van der Waals surface area contributed by atoms with Crippen molar-refractivity contribution in [1.29, 1.82) is 0 Å². The number of nitrogens with zero attached hydrogens (tertiary/aromatic N) is 4. The lowest BCUT2D eigenvalue weighted by Crippen LogP contribution is -2.05. The van der Waals surface area contributed by atoms with Crippen molar-refractivity contribution in [2.45, 2.75) is 33.2 Å². The molecule has 0 saturated heterocycles. The first kappa shape index (κ1) is 9.89. The van der Waals surface area contributed by atoms with E-state index in [-0.39, 0.29) is 0 Å². The third-order valence-corrected chi connectivity index (χ3v) is 2.63. The van der Waals surface area contributed by atoms with Crippen molar-refractivity contribution in [3.63, 3.8) is 0 Å². The lowest BCUT2D eigenvalue weighted by atomic mass is 10.2. The number of anilines is 1. The van der Waals surface area contributed by atoms with E-state index in [2.05, 4.69) is 28.8 Å². The van der Waals surface area contributed by atoms with Gasteiger partial charge in [-0.2, -0.15) is 0 Å². The summed E-state index contributed by atoms with van der Waals surface area (Å²) in [5.41, 5.74) is 7.31. The topological polar surface area (TPSA) is 69.6 Å².